The first-order valence-electron chi connectivity index (χ1n) is 6.72. The van der Waals surface area contributed by atoms with Crippen molar-refractivity contribution in [1.29, 1.82) is 0 Å². The molecule has 1 saturated heterocycles. The van der Waals surface area contributed by atoms with Crippen LogP contribution in [0.3, 0.4) is 0 Å². The molecule has 0 aromatic heterocycles. The first-order chi connectivity index (χ1) is 9.50. The number of ether oxygens (including phenoxy) is 1. The molecule has 0 unspecified atom stereocenters. The van der Waals surface area contributed by atoms with Crippen molar-refractivity contribution in [2.45, 2.75) is 32.4 Å². The lowest BCUT2D eigenvalue weighted by Crippen LogP contribution is -2.45. The van der Waals surface area contributed by atoms with Gasteiger partial charge in [0.25, 0.3) is 0 Å². The molecule has 0 bridgehead atoms. The van der Waals surface area contributed by atoms with E-state index in [1.54, 1.807) is 6.92 Å². The number of carbonyl (C=O) groups excluding carboxylic acids is 2. The average molecular weight is 277 g/mol. The number of nitrogens with zero attached hydrogens (tertiary/aromatic N) is 1. The van der Waals surface area contributed by atoms with Crippen molar-refractivity contribution >= 4 is 12.0 Å². The molecule has 5 nitrogen and oxygen atoms in total. The van der Waals surface area contributed by atoms with Gasteiger partial charge in [-0.25, -0.2) is 9.69 Å². The molecule has 1 fully saturated rings. The molecule has 3 atom stereocenters. The number of rotatable bonds is 4. The molecule has 1 N–H and O–H groups in total. The Morgan fingerprint density at radius 3 is 2.65 bits per heavy atom. The summed E-state index contributed by atoms with van der Waals surface area (Å²) in [5, 5.41) is 9.51. The molecule has 1 aromatic carbocycles. The number of carbonyl (C=O) groups is 2. The molecule has 0 radical (unpaired) electrons. The van der Waals surface area contributed by atoms with Crippen LogP contribution < -0.4 is 0 Å². The summed E-state index contributed by atoms with van der Waals surface area (Å²) >= 11 is 0. The molecule has 0 aliphatic carbocycles. The summed E-state index contributed by atoms with van der Waals surface area (Å²) in [6.45, 7) is 3.35. The predicted molar refractivity (Wildman–Crippen MR) is 73.0 cm³/mol. The molecule has 1 aromatic rings. The number of cyclic esters (lactones) is 1. The van der Waals surface area contributed by atoms with E-state index in [1.807, 2.05) is 30.3 Å². The third-order valence-electron chi connectivity index (χ3n) is 3.63. The lowest BCUT2D eigenvalue weighted by atomic mass is 10.0. The molecule has 1 aliphatic heterocycles. The predicted octanol–water partition coefficient (Wildman–Crippen LogP) is 1.59. The topological polar surface area (TPSA) is 66.8 Å². The summed E-state index contributed by atoms with van der Waals surface area (Å²) in [5.74, 6) is -1.01. The normalized spacial score (nSPS) is 21.4. The van der Waals surface area contributed by atoms with Crippen LogP contribution in [0.2, 0.25) is 0 Å². The first kappa shape index (κ1) is 14.5. The van der Waals surface area contributed by atoms with Crippen LogP contribution in [-0.4, -0.2) is 40.8 Å². The zero-order valence-electron chi connectivity index (χ0n) is 11.7. The van der Waals surface area contributed by atoms with Gasteiger partial charge in [0.15, 0.2) is 0 Å². The van der Waals surface area contributed by atoms with Gasteiger partial charge in [0.1, 0.15) is 6.61 Å². The minimum absolute atomic E-state index is 0.200. The van der Waals surface area contributed by atoms with Gasteiger partial charge in [0.2, 0.25) is 5.91 Å². The van der Waals surface area contributed by atoms with Gasteiger partial charge in [0, 0.05) is 0 Å². The van der Waals surface area contributed by atoms with E-state index < -0.39 is 18.1 Å². The number of aliphatic hydroxyl groups excluding tert-OH is 1. The zero-order valence-corrected chi connectivity index (χ0v) is 11.7. The van der Waals surface area contributed by atoms with E-state index >= 15 is 0 Å². The van der Waals surface area contributed by atoms with Gasteiger partial charge < -0.3 is 9.84 Å². The highest BCUT2D eigenvalue weighted by atomic mass is 16.6. The van der Waals surface area contributed by atoms with E-state index in [-0.39, 0.29) is 18.6 Å². The number of benzene rings is 1. The third-order valence-corrected chi connectivity index (χ3v) is 3.63. The SMILES string of the molecule is C[C@H](O)[C@H](C)C(=O)N1C(=O)OC[C@H]1Cc1ccccc1. The third kappa shape index (κ3) is 2.99. The molecule has 2 amide bonds. The molecule has 1 aliphatic rings. The maximum absolute atomic E-state index is 12.3. The lowest BCUT2D eigenvalue weighted by molar-refractivity contribution is -0.135. The zero-order chi connectivity index (χ0) is 14.7. The summed E-state index contributed by atoms with van der Waals surface area (Å²) in [6.07, 6.45) is -0.859. The summed E-state index contributed by atoms with van der Waals surface area (Å²) < 4.78 is 4.99. The Kier molecular flexibility index (Phi) is 4.39. The number of amides is 2. The number of imide groups is 1. The van der Waals surface area contributed by atoms with E-state index in [4.69, 9.17) is 4.74 Å². The second-order valence-electron chi connectivity index (χ2n) is 5.16. The van der Waals surface area contributed by atoms with Crippen LogP contribution in [0.15, 0.2) is 30.3 Å². The highest BCUT2D eigenvalue weighted by Crippen LogP contribution is 2.21. The second-order valence-corrected chi connectivity index (χ2v) is 5.16. The molecular weight excluding hydrogens is 258 g/mol. The monoisotopic (exact) mass is 277 g/mol. The van der Waals surface area contributed by atoms with Gasteiger partial charge in [-0.2, -0.15) is 0 Å². The van der Waals surface area contributed by atoms with Gasteiger partial charge in [-0.1, -0.05) is 37.3 Å². The number of hydrogen-bond donors (Lipinski definition) is 1. The van der Waals surface area contributed by atoms with Crippen LogP contribution in [0.4, 0.5) is 4.79 Å². The van der Waals surface area contributed by atoms with Crippen molar-refractivity contribution in [3.63, 3.8) is 0 Å². The quantitative estimate of drug-likeness (QED) is 0.907. The largest absolute Gasteiger partial charge is 0.447 e. The van der Waals surface area contributed by atoms with E-state index in [9.17, 15) is 14.7 Å². The maximum atomic E-state index is 12.3. The molecule has 20 heavy (non-hydrogen) atoms. The van der Waals surface area contributed by atoms with E-state index in [0.29, 0.717) is 6.42 Å². The van der Waals surface area contributed by atoms with Crippen molar-refractivity contribution in [2.75, 3.05) is 6.61 Å². The van der Waals surface area contributed by atoms with Crippen LogP contribution in [0.25, 0.3) is 0 Å². The number of hydrogen-bond acceptors (Lipinski definition) is 4. The average Bonchev–Trinajstić information content (AvgIpc) is 2.79. The van der Waals surface area contributed by atoms with Crippen LogP contribution in [0, 0.1) is 5.92 Å². The maximum Gasteiger partial charge on any atom is 0.416 e. The minimum Gasteiger partial charge on any atom is -0.447 e. The molecule has 2 rings (SSSR count). The Morgan fingerprint density at radius 2 is 2.05 bits per heavy atom. The van der Waals surface area contributed by atoms with Crippen molar-refractivity contribution < 1.29 is 19.4 Å². The molecule has 0 saturated carbocycles. The first-order valence-corrected chi connectivity index (χ1v) is 6.72. The summed E-state index contributed by atoms with van der Waals surface area (Å²) in [5.41, 5.74) is 1.04. The highest BCUT2D eigenvalue weighted by molar-refractivity contribution is 5.94. The molecule has 0 spiro atoms. The second kappa shape index (κ2) is 6.05. The van der Waals surface area contributed by atoms with E-state index in [2.05, 4.69) is 0 Å². The fourth-order valence-corrected chi connectivity index (χ4v) is 2.19. The Hall–Kier alpha value is -1.88. The minimum atomic E-state index is -0.798. The Labute approximate surface area is 118 Å². The molecular formula is C15H19NO4. The van der Waals surface area contributed by atoms with Crippen molar-refractivity contribution in [2.24, 2.45) is 5.92 Å². The van der Waals surface area contributed by atoms with Crippen LogP contribution in [-0.2, 0) is 16.0 Å². The lowest BCUT2D eigenvalue weighted by Gasteiger charge is -2.24. The summed E-state index contributed by atoms with van der Waals surface area (Å²) in [4.78, 5) is 25.2. The van der Waals surface area contributed by atoms with Gasteiger partial charge >= 0.3 is 6.09 Å². The van der Waals surface area contributed by atoms with E-state index in [0.717, 1.165) is 10.5 Å². The van der Waals surface area contributed by atoms with Crippen molar-refractivity contribution in [1.82, 2.24) is 4.90 Å². The van der Waals surface area contributed by atoms with Crippen molar-refractivity contribution in [3.8, 4) is 0 Å². The molecule has 1 heterocycles. The van der Waals surface area contributed by atoms with Gasteiger partial charge in [0.05, 0.1) is 18.1 Å². The van der Waals surface area contributed by atoms with Crippen LogP contribution in [0.5, 0.6) is 0 Å². The highest BCUT2D eigenvalue weighted by Gasteiger charge is 2.40. The Bertz CT molecular complexity index is 486. The fraction of sp³-hybridized carbons (Fsp3) is 0.467. The van der Waals surface area contributed by atoms with Gasteiger partial charge in [-0.05, 0) is 18.9 Å². The Balaban J connectivity index is 2.13. The molecule has 108 valence electrons. The van der Waals surface area contributed by atoms with Crippen LogP contribution >= 0.6 is 0 Å². The molecule has 5 heteroatoms. The van der Waals surface area contributed by atoms with Gasteiger partial charge in [-0.3, -0.25) is 4.79 Å². The van der Waals surface area contributed by atoms with Crippen molar-refractivity contribution in [3.05, 3.63) is 35.9 Å². The standard InChI is InChI=1S/C15H19NO4/c1-10(11(2)17)14(18)16-13(9-20-15(16)19)8-12-6-4-3-5-7-12/h3-7,10-11,13,17H,8-9H2,1-2H3/t10-,11-,13+/m0/s1. The fourth-order valence-electron chi connectivity index (χ4n) is 2.19. The Morgan fingerprint density at radius 1 is 1.40 bits per heavy atom. The van der Waals surface area contributed by atoms with E-state index in [1.165, 1.54) is 6.92 Å². The number of aliphatic hydroxyl groups is 1. The summed E-state index contributed by atoms with van der Waals surface area (Å²) in [6, 6.07) is 9.33. The smallest absolute Gasteiger partial charge is 0.416 e. The summed E-state index contributed by atoms with van der Waals surface area (Å²) in [7, 11) is 0. The van der Waals surface area contributed by atoms with Crippen LogP contribution in [0.1, 0.15) is 19.4 Å². The van der Waals surface area contributed by atoms with Gasteiger partial charge in [-0.15, -0.1) is 0 Å².